The number of fused-ring (bicyclic) bond motifs is 1. The first kappa shape index (κ1) is 16.6. The third kappa shape index (κ3) is 3.71. The molecule has 7 nitrogen and oxygen atoms in total. The van der Waals surface area contributed by atoms with E-state index in [4.69, 9.17) is 9.47 Å². The van der Waals surface area contributed by atoms with Gasteiger partial charge >= 0.3 is 0 Å². The highest BCUT2D eigenvalue weighted by Gasteiger charge is 2.19. The van der Waals surface area contributed by atoms with Gasteiger partial charge in [0.2, 0.25) is 5.95 Å². The Kier molecular flexibility index (Phi) is 4.60. The maximum absolute atomic E-state index is 12.5. The Balaban J connectivity index is 1.51. The fraction of sp³-hybridized carbons (Fsp3) is 0.421. The maximum Gasteiger partial charge on any atom is 0.270 e. The van der Waals surface area contributed by atoms with Crippen LogP contribution in [0.3, 0.4) is 0 Å². The molecule has 2 heterocycles. The maximum atomic E-state index is 12.5. The van der Waals surface area contributed by atoms with Crippen LogP contribution in [0.15, 0.2) is 24.3 Å². The van der Waals surface area contributed by atoms with E-state index in [2.05, 4.69) is 20.6 Å². The summed E-state index contributed by atoms with van der Waals surface area (Å²) in [6, 6.07) is 7.53. The number of aryl methyl sites for hydroxylation is 1. The number of nitrogens with zero attached hydrogens (tertiary/aromatic N) is 2. The van der Waals surface area contributed by atoms with Crippen molar-refractivity contribution < 1.29 is 14.3 Å². The van der Waals surface area contributed by atoms with Gasteiger partial charge in [-0.05, 0) is 38.0 Å². The average Bonchev–Trinajstić information content (AvgIpc) is 3.14. The first-order valence-corrected chi connectivity index (χ1v) is 9.00. The van der Waals surface area contributed by atoms with Crippen molar-refractivity contribution in [3.63, 3.8) is 0 Å². The van der Waals surface area contributed by atoms with E-state index in [9.17, 15) is 4.79 Å². The summed E-state index contributed by atoms with van der Waals surface area (Å²) in [6.07, 6.45) is 4.42. The lowest BCUT2D eigenvalue weighted by atomic mass is 10.2. The van der Waals surface area contributed by atoms with Gasteiger partial charge in [0.15, 0.2) is 11.5 Å². The van der Waals surface area contributed by atoms with Crippen LogP contribution < -0.4 is 20.1 Å². The lowest BCUT2D eigenvalue weighted by Gasteiger charge is -2.19. The summed E-state index contributed by atoms with van der Waals surface area (Å²) < 4.78 is 11.1. The molecule has 0 atom stereocenters. The van der Waals surface area contributed by atoms with Crippen LogP contribution in [-0.4, -0.2) is 35.1 Å². The van der Waals surface area contributed by atoms with E-state index in [1.54, 1.807) is 6.07 Å². The van der Waals surface area contributed by atoms with Crippen molar-refractivity contribution in [2.75, 3.05) is 18.5 Å². The molecule has 1 aromatic carbocycles. The average molecular weight is 354 g/mol. The van der Waals surface area contributed by atoms with E-state index in [0.717, 1.165) is 30.0 Å². The smallest absolute Gasteiger partial charge is 0.270 e. The molecule has 1 amide bonds. The molecular formula is C19H22N4O3. The molecular weight excluding hydrogens is 332 g/mol. The molecule has 1 aliphatic heterocycles. The molecule has 1 aromatic heterocycles. The molecule has 136 valence electrons. The SMILES string of the molecule is Cc1cc(C(=O)NC2CCCC2)nc(Nc2ccc3c(c2)OCCO3)n1. The van der Waals surface area contributed by atoms with Gasteiger partial charge in [-0.25, -0.2) is 9.97 Å². The third-order valence-electron chi connectivity index (χ3n) is 4.58. The van der Waals surface area contributed by atoms with Gasteiger partial charge in [-0.3, -0.25) is 4.79 Å². The predicted molar refractivity (Wildman–Crippen MR) is 97.2 cm³/mol. The largest absolute Gasteiger partial charge is 0.486 e. The van der Waals surface area contributed by atoms with E-state index in [0.29, 0.717) is 30.6 Å². The molecule has 0 radical (unpaired) electrons. The summed E-state index contributed by atoms with van der Waals surface area (Å²) in [4.78, 5) is 21.2. The van der Waals surface area contributed by atoms with E-state index < -0.39 is 0 Å². The Morgan fingerprint density at radius 2 is 1.85 bits per heavy atom. The van der Waals surface area contributed by atoms with Gasteiger partial charge in [-0.1, -0.05) is 12.8 Å². The molecule has 1 aliphatic carbocycles. The Bertz CT molecular complexity index is 818. The summed E-state index contributed by atoms with van der Waals surface area (Å²) in [5, 5.41) is 6.21. The summed E-state index contributed by atoms with van der Waals surface area (Å²) >= 11 is 0. The number of rotatable bonds is 4. The number of amides is 1. The van der Waals surface area contributed by atoms with Crippen LogP contribution in [-0.2, 0) is 0 Å². The molecule has 1 fully saturated rings. The first-order chi connectivity index (χ1) is 12.7. The second-order valence-electron chi connectivity index (χ2n) is 6.66. The Hall–Kier alpha value is -2.83. The number of hydrogen-bond donors (Lipinski definition) is 2. The van der Waals surface area contributed by atoms with Crippen LogP contribution in [0, 0.1) is 6.92 Å². The van der Waals surface area contributed by atoms with Crippen LogP contribution in [0.5, 0.6) is 11.5 Å². The highest BCUT2D eigenvalue weighted by Crippen LogP contribution is 2.33. The van der Waals surface area contributed by atoms with Crippen LogP contribution in [0.4, 0.5) is 11.6 Å². The fourth-order valence-corrected chi connectivity index (χ4v) is 3.32. The molecule has 7 heteroatoms. The molecule has 2 aliphatic rings. The van der Waals surface area contributed by atoms with Crippen LogP contribution in [0.2, 0.25) is 0 Å². The van der Waals surface area contributed by atoms with E-state index in [1.165, 1.54) is 12.8 Å². The van der Waals surface area contributed by atoms with Gasteiger partial charge in [-0.15, -0.1) is 0 Å². The van der Waals surface area contributed by atoms with Crippen molar-refractivity contribution in [2.24, 2.45) is 0 Å². The number of hydrogen-bond acceptors (Lipinski definition) is 6. The molecule has 1 saturated carbocycles. The minimum atomic E-state index is -0.146. The summed E-state index contributed by atoms with van der Waals surface area (Å²) in [6.45, 7) is 2.94. The number of carbonyl (C=O) groups is 1. The summed E-state index contributed by atoms with van der Waals surface area (Å²) in [7, 11) is 0. The molecule has 4 rings (SSSR count). The number of carbonyl (C=O) groups excluding carboxylic acids is 1. The third-order valence-corrected chi connectivity index (χ3v) is 4.58. The number of aromatic nitrogens is 2. The van der Waals surface area contributed by atoms with Crippen LogP contribution in [0.25, 0.3) is 0 Å². The van der Waals surface area contributed by atoms with Crippen LogP contribution >= 0.6 is 0 Å². The minimum Gasteiger partial charge on any atom is -0.486 e. The zero-order valence-electron chi connectivity index (χ0n) is 14.7. The number of nitrogens with one attached hydrogen (secondary N) is 2. The highest BCUT2D eigenvalue weighted by molar-refractivity contribution is 5.93. The Morgan fingerprint density at radius 1 is 1.08 bits per heavy atom. The molecule has 0 unspecified atom stereocenters. The van der Waals surface area contributed by atoms with Crippen molar-refractivity contribution >= 4 is 17.5 Å². The molecule has 2 aromatic rings. The van der Waals surface area contributed by atoms with Gasteiger partial charge in [0, 0.05) is 23.5 Å². The Labute approximate surface area is 152 Å². The number of benzene rings is 1. The lowest BCUT2D eigenvalue weighted by Crippen LogP contribution is -2.33. The number of ether oxygens (including phenoxy) is 2. The fourth-order valence-electron chi connectivity index (χ4n) is 3.32. The van der Waals surface area contributed by atoms with Crippen molar-refractivity contribution in [1.82, 2.24) is 15.3 Å². The number of anilines is 2. The lowest BCUT2D eigenvalue weighted by molar-refractivity contribution is 0.0932. The minimum absolute atomic E-state index is 0.146. The monoisotopic (exact) mass is 354 g/mol. The van der Waals surface area contributed by atoms with Gasteiger partial charge in [0.25, 0.3) is 5.91 Å². The first-order valence-electron chi connectivity index (χ1n) is 9.00. The van der Waals surface area contributed by atoms with Crippen molar-refractivity contribution in [3.05, 3.63) is 35.7 Å². The zero-order valence-corrected chi connectivity index (χ0v) is 14.7. The van der Waals surface area contributed by atoms with Crippen LogP contribution in [0.1, 0.15) is 41.9 Å². The predicted octanol–water partition coefficient (Wildman–Crippen LogP) is 2.97. The van der Waals surface area contributed by atoms with Gasteiger partial charge < -0.3 is 20.1 Å². The molecule has 0 saturated heterocycles. The second kappa shape index (κ2) is 7.19. The molecule has 26 heavy (non-hydrogen) atoms. The van der Waals surface area contributed by atoms with E-state index in [-0.39, 0.29) is 11.9 Å². The highest BCUT2D eigenvalue weighted by atomic mass is 16.6. The standard InChI is InChI=1S/C19H22N4O3/c1-12-10-15(18(24)21-13-4-2-3-5-13)23-19(20-12)22-14-6-7-16-17(11-14)26-9-8-25-16/h6-7,10-11,13H,2-5,8-9H2,1H3,(H,21,24)(H,20,22,23). The Morgan fingerprint density at radius 3 is 2.65 bits per heavy atom. The van der Waals surface area contributed by atoms with Crippen molar-refractivity contribution in [3.8, 4) is 11.5 Å². The van der Waals surface area contributed by atoms with E-state index >= 15 is 0 Å². The molecule has 2 N–H and O–H groups in total. The normalized spacial score (nSPS) is 16.3. The summed E-state index contributed by atoms with van der Waals surface area (Å²) in [5.74, 6) is 1.66. The second-order valence-corrected chi connectivity index (χ2v) is 6.66. The quantitative estimate of drug-likeness (QED) is 0.878. The van der Waals surface area contributed by atoms with Gasteiger partial charge in [0.1, 0.15) is 18.9 Å². The van der Waals surface area contributed by atoms with Crippen molar-refractivity contribution in [1.29, 1.82) is 0 Å². The summed E-state index contributed by atoms with van der Waals surface area (Å²) in [5.41, 5.74) is 1.89. The van der Waals surface area contributed by atoms with Crippen molar-refractivity contribution in [2.45, 2.75) is 38.6 Å². The topological polar surface area (TPSA) is 85.4 Å². The molecule has 0 bridgehead atoms. The zero-order chi connectivity index (χ0) is 17.9. The van der Waals surface area contributed by atoms with E-state index in [1.807, 2.05) is 25.1 Å². The molecule has 0 spiro atoms. The van der Waals surface area contributed by atoms with Gasteiger partial charge in [0.05, 0.1) is 0 Å². The van der Waals surface area contributed by atoms with Gasteiger partial charge in [-0.2, -0.15) is 0 Å².